The Hall–Kier alpha value is -1.75. The maximum absolute atomic E-state index is 11.3. The number of nitrogens with zero attached hydrogens (tertiary/aromatic N) is 1. The molecule has 1 rings (SSSR count). The molecule has 0 radical (unpaired) electrons. The van der Waals surface area contributed by atoms with Crippen molar-refractivity contribution in [2.75, 3.05) is 20.7 Å². The predicted octanol–water partition coefficient (Wildman–Crippen LogP) is 1.37. The summed E-state index contributed by atoms with van der Waals surface area (Å²) in [5.74, 6) is 5.97. The standard InChI is InChI=1S/C13H21N3O2/c1-9-10(2)12(18-4)6-5-11(9)7-8-16(3)13(17)15-14/h5-6H,7-8,14H2,1-4H3,(H,15,17). The lowest BCUT2D eigenvalue weighted by Crippen LogP contribution is -2.42. The third-order valence-corrected chi connectivity index (χ3v) is 3.26. The summed E-state index contributed by atoms with van der Waals surface area (Å²) in [6.07, 6.45) is 0.792. The van der Waals surface area contributed by atoms with Gasteiger partial charge in [0.15, 0.2) is 0 Å². The summed E-state index contributed by atoms with van der Waals surface area (Å²) in [5.41, 5.74) is 5.67. The molecule has 0 aliphatic heterocycles. The zero-order chi connectivity index (χ0) is 13.7. The van der Waals surface area contributed by atoms with E-state index in [0.717, 1.165) is 17.7 Å². The lowest BCUT2D eigenvalue weighted by atomic mass is 10.00. The van der Waals surface area contributed by atoms with Gasteiger partial charge in [-0.3, -0.25) is 5.43 Å². The number of amides is 2. The first-order chi connectivity index (χ1) is 8.51. The fourth-order valence-electron chi connectivity index (χ4n) is 1.84. The van der Waals surface area contributed by atoms with Crippen LogP contribution >= 0.6 is 0 Å². The number of hydrogen-bond acceptors (Lipinski definition) is 3. The maximum atomic E-state index is 11.3. The number of carbonyl (C=O) groups excluding carboxylic acids is 1. The summed E-state index contributed by atoms with van der Waals surface area (Å²) in [6, 6.07) is 3.72. The smallest absolute Gasteiger partial charge is 0.331 e. The van der Waals surface area contributed by atoms with E-state index in [0.29, 0.717) is 6.54 Å². The van der Waals surface area contributed by atoms with E-state index in [1.54, 1.807) is 19.1 Å². The number of likely N-dealkylation sites (N-methyl/N-ethyl adjacent to an activating group) is 1. The molecule has 0 saturated heterocycles. The van der Waals surface area contributed by atoms with Gasteiger partial charge in [0.2, 0.25) is 0 Å². The molecule has 0 heterocycles. The molecule has 0 aliphatic carbocycles. The first-order valence-corrected chi connectivity index (χ1v) is 5.86. The molecule has 18 heavy (non-hydrogen) atoms. The summed E-state index contributed by atoms with van der Waals surface area (Å²) >= 11 is 0. The predicted molar refractivity (Wildman–Crippen MR) is 71.5 cm³/mol. The number of rotatable bonds is 4. The molecular weight excluding hydrogens is 230 g/mol. The number of nitrogens with one attached hydrogen (secondary N) is 1. The van der Waals surface area contributed by atoms with E-state index in [2.05, 4.69) is 12.3 Å². The van der Waals surface area contributed by atoms with E-state index in [-0.39, 0.29) is 6.03 Å². The SMILES string of the molecule is COc1ccc(CCN(C)C(=O)NN)c(C)c1C. The van der Waals surface area contributed by atoms with Crippen molar-refractivity contribution in [3.63, 3.8) is 0 Å². The van der Waals surface area contributed by atoms with Crippen LogP contribution in [0.15, 0.2) is 12.1 Å². The van der Waals surface area contributed by atoms with Crippen LogP contribution in [0.4, 0.5) is 4.79 Å². The number of ether oxygens (including phenoxy) is 1. The Morgan fingerprint density at radius 2 is 2.06 bits per heavy atom. The first-order valence-electron chi connectivity index (χ1n) is 5.86. The van der Waals surface area contributed by atoms with E-state index >= 15 is 0 Å². The van der Waals surface area contributed by atoms with Crippen LogP contribution in [0.25, 0.3) is 0 Å². The van der Waals surface area contributed by atoms with Crippen molar-refractivity contribution < 1.29 is 9.53 Å². The number of methoxy groups -OCH3 is 1. The van der Waals surface area contributed by atoms with Crippen molar-refractivity contribution in [3.8, 4) is 5.75 Å². The molecule has 0 bridgehead atoms. The quantitative estimate of drug-likeness (QED) is 0.482. The number of urea groups is 1. The normalized spacial score (nSPS) is 10.1. The minimum absolute atomic E-state index is 0.280. The van der Waals surface area contributed by atoms with Crippen LogP contribution in [-0.2, 0) is 6.42 Å². The fourth-order valence-corrected chi connectivity index (χ4v) is 1.84. The van der Waals surface area contributed by atoms with Crippen LogP contribution < -0.4 is 16.0 Å². The molecule has 0 aromatic heterocycles. The fraction of sp³-hybridized carbons (Fsp3) is 0.462. The lowest BCUT2D eigenvalue weighted by molar-refractivity contribution is 0.209. The maximum Gasteiger partial charge on any atom is 0.331 e. The summed E-state index contributed by atoms with van der Waals surface area (Å²) in [4.78, 5) is 12.8. The van der Waals surface area contributed by atoms with Gasteiger partial charge in [0, 0.05) is 13.6 Å². The van der Waals surface area contributed by atoms with Crippen LogP contribution in [-0.4, -0.2) is 31.6 Å². The largest absolute Gasteiger partial charge is 0.496 e. The molecule has 0 spiro atoms. The van der Waals surface area contributed by atoms with Gasteiger partial charge in [-0.2, -0.15) is 0 Å². The minimum Gasteiger partial charge on any atom is -0.496 e. The topological polar surface area (TPSA) is 67.6 Å². The number of carbonyl (C=O) groups is 1. The first kappa shape index (κ1) is 14.3. The van der Waals surface area contributed by atoms with E-state index in [1.807, 2.05) is 19.1 Å². The van der Waals surface area contributed by atoms with Gasteiger partial charge in [-0.05, 0) is 43.0 Å². The van der Waals surface area contributed by atoms with Gasteiger partial charge in [-0.25, -0.2) is 10.6 Å². The molecule has 0 atom stereocenters. The Morgan fingerprint density at radius 1 is 1.39 bits per heavy atom. The molecule has 0 saturated carbocycles. The third kappa shape index (κ3) is 3.13. The second kappa shape index (κ2) is 6.26. The van der Waals surface area contributed by atoms with Crippen LogP contribution in [0, 0.1) is 13.8 Å². The van der Waals surface area contributed by atoms with Gasteiger partial charge >= 0.3 is 6.03 Å². The summed E-state index contributed by atoms with van der Waals surface area (Å²) in [7, 11) is 3.38. The zero-order valence-corrected chi connectivity index (χ0v) is 11.4. The van der Waals surface area contributed by atoms with Gasteiger partial charge in [0.05, 0.1) is 7.11 Å². The second-order valence-corrected chi connectivity index (χ2v) is 4.30. The van der Waals surface area contributed by atoms with E-state index in [4.69, 9.17) is 10.6 Å². The molecular formula is C13H21N3O2. The Labute approximate surface area is 108 Å². The molecule has 1 aromatic rings. The Bertz CT molecular complexity index is 432. The van der Waals surface area contributed by atoms with Crippen LogP contribution in [0.1, 0.15) is 16.7 Å². The molecule has 5 heteroatoms. The molecule has 100 valence electrons. The van der Waals surface area contributed by atoms with E-state index < -0.39 is 0 Å². The van der Waals surface area contributed by atoms with Crippen molar-refractivity contribution in [2.45, 2.75) is 20.3 Å². The summed E-state index contributed by atoms with van der Waals surface area (Å²) in [5, 5.41) is 0. The minimum atomic E-state index is -0.280. The number of benzene rings is 1. The number of hydrogen-bond donors (Lipinski definition) is 2. The summed E-state index contributed by atoms with van der Waals surface area (Å²) < 4.78 is 5.27. The molecule has 0 unspecified atom stereocenters. The molecule has 5 nitrogen and oxygen atoms in total. The number of nitrogens with two attached hydrogens (primary N) is 1. The van der Waals surface area contributed by atoms with Gasteiger partial charge in [-0.15, -0.1) is 0 Å². The number of hydrazine groups is 1. The van der Waals surface area contributed by atoms with Crippen molar-refractivity contribution in [3.05, 3.63) is 28.8 Å². The zero-order valence-electron chi connectivity index (χ0n) is 11.4. The highest BCUT2D eigenvalue weighted by Crippen LogP contribution is 2.24. The van der Waals surface area contributed by atoms with Gasteiger partial charge in [0.25, 0.3) is 0 Å². The highest BCUT2D eigenvalue weighted by molar-refractivity contribution is 5.73. The van der Waals surface area contributed by atoms with Crippen molar-refractivity contribution >= 4 is 6.03 Å². The average molecular weight is 251 g/mol. The molecule has 2 amide bonds. The van der Waals surface area contributed by atoms with Gasteiger partial charge in [-0.1, -0.05) is 6.07 Å². The van der Waals surface area contributed by atoms with E-state index in [1.165, 1.54) is 11.1 Å². The molecule has 0 aliphatic rings. The molecule has 3 N–H and O–H groups in total. The van der Waals surface area contributed by atoms with Crippen molar-refractivity contribution in [1.29, 1.82) is 0 Å². The van der Waals surface area contributed by atoms with Crippen LogP contribution in [0.5, 0.6) is 5.75 Å². The van der Waals surface area contributed by atoms with E-state index in [9.17, 15) is 4.79 Å². The van der Waals surface area contributed by atoms with Gasteiger partial charge in [0.1, 0.15) is 5.75 Å². The second-order valence-electron chi connectivity index (χ2n) is 4.30. The highest BCUT2D eigenvalue weighted by Gasteiger charge is 2.09. The molecule has 1 aromatic carbocycles. The monoisotopic (exact) mass is 251 g/mol. The third-order valence-electron chi connectivity index (χ3n) is 3.26. The highest BCUT2D eigenvalue weighted by atomic mass is 16.5. The van der Waals surface area contributed by atoms with Crippen LogP contribution in [0.3, 0.4) is 0 Å². The Morgan fingerprint density at radius 3 is 2.61 bits per heavy atom. The Balaban J connectivity index is 2.74. The average Bonchev–Trinajstić information content (AvgIpc) is 2.39. The Kier molecular flexibility index (Phi) is 4.97. The lowest BCUT2D eigenvalue weighted by Gasteiger charge is -2.18. The van der Waals surface area contributed by atoms with Crippen LogP contribution in [0.2, 0.25) is 0 Å². The summed E-state index contributed by atoms with van der Waals surface area (Å²) in [6.45, 7) is 4.72. The molecule has 0 fully saturated rings. The van der Waals surface area contributed by atoms with Gasteiger partial charge < -0.3 is 9.64 Å². The van der Waals surface area contributed by atoms with Crippen molar-refractivity contribution in [2.24, 2.45) is 5.84 Å². The van der Waals surface area contributed by atoms with Crippen molar-refractivity contribution in [1.82, 2.24) is 10.3 Å².